The van der Waals surface area contributed by atoms with Crippen molar-refractivity contribution in [2.75, 3.05) is 0 Å². The van der Waals surface area contributed by atoms with Gasteiger partial charge in [-0.1, -0.05) is 12.1 Å². The molecule has 0 aromatic heterocycles. The Morgan fingerprint density at radius 1 is 1.46 bits per heavy atom. The predicted octanol–water partition coefficient (Wildman–Crippen LogP) is 1.44. The summed E-state index contributed by atoms with van der Waals surface area (Å²) < 4.78 is 5.26. The first-order chi connectivity index (χ1) is 6.26. The molecule has 68 valence electrons. The molecule has 0 radical (unpaired) electrons. The van der Waals surface area contributed by atoms with Crippen molar-refractivity contribution >= 4 is 0 Å². The minimum absolute atomic E-state index is 0.413. The van der Waals surface area contributed by atoms with Crippen molar-refractivity contribution < 1.29 is 4.74 Å². The van der Waals surface area contributed by atoms with Crippen LogP contribution in [0.15, 0.2) is 24.3 Å². The van der Waals surface area contributed by atoms with Gasteiger partial charge < -0.3 is 10.5 Å². The molecule has 0 amide bonds. The Labute approximate surface area is 77.7 Å². The number of ether oxygens (including phenoxy) is 1. The van der Waals surface area contributed by atoms with Crippen molar-refractivity contribution in [2.24, 2.45) is 5.73 Å². The zero-order chi connectivity index (χ0) is 9.68. The van der Waals surface area contributed by atoms with Crippen LogP contribution in [-0.2, 0) is 6.54 Å². The average molecular weight is 176 g/mol. The maximum atomic E-state index is 8.50. The fourth-order valence-corrected chi connectivity index (χ4v) is 0.935. The summed E-state index contributed by atoms with van der Waals surface area (Å²) in [4.78, 5) is 0. The second kappa shape index (κ2) is 4.48. The van der Waals surface area contributed by atoms with Crippen molar-refractivity contribution in [3.05, 3.63) is 29.8 Å². The van der Waals surface area contributed by atoms with Crippen molar-refractivity contribution in [1.29, 1.82) is 5.26 Å². The van der Waals surface area contributed by atoms with Gasteiger partial charge in [-0.25, -0.2) is 0 Å². The van der Waals surface area contributed by atoms with E-state index in [1.807, 2.05) is 30.3 Å². The molecule has 3 heteroatoms. The van der Waals surface area contributed by atoms with E-state index in [0.29, 0.717) is 12.3 Å². The Hall–Kier alpha value is -1.53. The van der Waals surface area contributed by atoms with Gasteiger partial charge in [-0.2, -0.15) is 5.26 Å². The zero-order valence-corrected chi connectivity index (χ0v) is 7.53. The third-order valence-corrected chi connectivity index (χ3v) is 1.65. The molecule has 0 aliphatic heterocycles. The van der Waals surface area contributed by atoms with Crippen LogP contribution in [0.4, 0.5) is 0 Å². The molecule has 0 saturated carbocycles. The summed E-state index contributed by atoms with van der Waals surface area (Å²) in [5.41, 5.74) is 6.49. The lowest BCUT2D eigenvalue weighted by atomic mass is 10.2. The van der Waals surface area contributed by atoms with E-state index in [4.69, 9.17) is 15.7 Å². The van der Waals surface area contributed by atoms with E-state index in [9.17, 15) is 0 Å². The summed E-state index contributed by atoms with van der Waals surface area (Å²) in [7, 11) is 0. The Morgan fingerprint density at radius 2 is 2.08 bits per heavy atom. The number of hydrogen-bond acceptors (Lipinski definition) is 3. The van der Waals surface area contributed by atoms with Crippen LogP contribution < -0.4 is 10.5 Å². The molecule has 3 nitrogen and oxygen atoms in total. The van der Waals surface area contributed by atoms with E-state index in [1.165, 1.54) is 0 Å². The molecule has 1 aromatic rings. The first-order valence-corrected chi connectivity index (χ1v) is 4.11. The lowest BCUT2D eigenvalue weighted by Gasteiger charge is -2.07. The second-order valence-electron chi connectivity index (χ2n) is 2.74. The van der Waals surface area contributed by atoms with Gasteiger partial charge in [0.25, 0.3) is 0 Å². The Morgan fingerprint density at radius 3 is 2.54 bits per heavy atom. The smallest absolute Gasteiger partial charge is 0.181 e. The maximum absolute atomic E-state index is 8.50. The predicted molar refractivity (Wildman–Crippen MR) is 50.0 cm³/mol. The number of nitrogens with two attached hydrogens (primary N) is 1. The summed E-state index contributed by atoms with van der Waals surface area (Å²) >= 11 is 0. The molecule has 0 fully saturated rings. The van der Waals surface area contributed by atoms with E-state index in [0.717, 1.165) is 5.56 Å². The summed E-state index contributed by atoms with van der Waals surface area (Å²) in [6.45, 7) is 2.23. The van der Waals surface area contributed by atoms with Gasteiger partial charge in [-0.3, -0.25) is 0 Å². The minimum Gasteiger partial charge on any atom is -0.476 e. The molecule has 1 rings (SSSR count). The highest BCUT2D eigenvalue weighted by Gasteiger charge is 2.00. The third-order valence-electron chi connectivity index (χ3n) is 1.65. The number of nitriles is 1. The molecule has 0 aliphatic rings. The molecule has 0 saturated heterocycles. The fraction of sp³-hybridized carbons (Fsp3) is 0.300. The van der Waals surface area contributed by atoms with Gasteiger partial charge >= 0.3 is 0 Å². The zero-order valence-electron chi connectivity index (χ0n) is 7.53. The van der Waals surface area contributed by atoms with E-state index in [2.05, 4.69) is 0 Å². The molecule has 0 spiro atoms. The average Bonchev–Trinajstić information content (AvgIpc) is 2.19. The highest BCUT2D eigenvalue weighted by atomic mass is 16.5. The van der Waals surface area contributed by atoms with Crippen molar-refractivity contribution in [3.63, 3.8) is 0 Å². The first kappa shape index (κ1) is 9.56. The largest absolute Gasteiger partial charge is 0.476 e. The molecule has 0 heterocycles. The molecular formula is C10H12N2O. The quantitative estimate of drug-likeness (QED) is 0.758. The molecule has 2 N–H and O–H groups in total. The Balaban J connectivity index is 2.65. The molecule has 0 bridgehead atoms. The van der Waals surface area contributed by atoms with Crippen molar-refractivity contribution in [3.8, 4) is 11.8 Å². The lowest BCUT2D eigenvalue weighted by Crippen LogP contribution is -2.08. The van der Waals surface area contributed by atoms with E-state index >= 15 is 0 Å². The van der Waals surface area contributed by atoms with Gasteiger partial charge in [-0.05, 0) is 24.6 Å². The minimum atomic E-state index is -0.413. The molecule has 0 aliphatic carbocycles. The van der Waals surface area contributed by atoms with Crippen LogP contribution >= 0.6 is 0 Å². The molecule has 1 aromatic carbocycles. The molecule has 1 unspecified atom stereocenters. The maximum Gasteiger partial charge on any atom is 0.181 e. The van der Waals surface area contributed by atoms with Crippen LogP contribution in [0.2, 0.25) is 0 Å². The topological polar surface area (TPSA) is 59.0 Å². The first-order valence-electron chi connectivity index (χ1n) is 4.11. The van der Waals surface area contributed by atoms with Crippen LogP contribution in [0.25, 0.3) is 0 Å². The van der Waals surface area contributed by atoms with Gasteiger partial charge in [0.2, 0.25) is 0 Å². The van der Waals surface area contributed by atoms with Crippen LogP contribution in [0.5, 0.6) is 5.75 Å². The monoisotopic (exact) mass is 176 g/mol. The van der Waals surface area contributed by atoms with Crippen molar-refractivity contribution in [1.82, 2.24) is 0 Å². The Bertz CT molecular complexity index is 300. The Kier molecular flexibility index (Phi) is 3.30. The molecule has 1 atom stereocenters. The van der Waals surface area contributed by atoms with Gasteiger partial charge in [0.15, 0.2) is 6.10 Å². The summed E-state index contributed by atoms with van der Waals surface area (Å²) in [6, 6.07) is 9.40. The highest BCUT2D eigenvalue weighted by molar-refractivity contribution is 5.27. The number of rotatable bonds is 3. The van der Waals surface area contributed by atoms with E-state index < -0.39 is 6.10 Å². The van der Waals surface area contributed by atoms with Crippen LogP contribution in [0.1, 0.15) is 12.5 Å². The molecule has 13 heavy (non-hydrogen) atoms. The molecular weight excluding hydrogens is 164 g/mol. The SMILES string of the molecule is CC(C#N)Oc1ccc(CN)cc1. The highest BCUT2D eigenvalue weighted by Crippen LogP contribution is 2.13. The summed E-state index contributed by atoms with van der Waals surface area (Å²) in [5.74, 6) is 0.700. The van der Waals surface area contributed by atoms with Crippen molar-refractivity contribution in [2.45, 2.75) is 19.6 Å². The number of benzene rings is 1. The second-order valence-corrected chi connectivity index (χ2v) is 2.74. The van der Waals surface area contributed by atoms with Crippen LogP contribution in [-0.4, -0.2) is 6.10 Å². The van der Waals surface area contributed by atoms with Crippen LogP contribution in [0.3, 0.4) is 0 Å². The lowest BCUT2D eigenvalue weighted by molar-refractivity contribution is 0.276. The van der Waals surface area contributed by atoms with Crippen LogP contribution in [0, 0.1) is 11.3 Å². The summed E-state index contributed by atoms with van der Waals surface area (Å²) in [5, 5.41) is 8.50. The standard InChI is InChI=1S/C10H12N2O/c1-8(6-11)13-10-4-2-9(7-12)3-5-10/h2-5,8H,7,12H2,1H3. The number of nitrogens with zero attached hydrogens (tertiary/aromatic N) is 1. The van der Waals surface area contributed by atoms with Gasteiger partial charge in [0.1, 0.15) is 11.8 Å². The fourth-order valence-electron chi connectivity index (χ4n) is 0.935. The third kappa shape index (κ3) is 2.77. The van der Waals surface area contributed by atoms with Gasteiger partial charge in [0, 0.05) is 6.54 Å². The van der Waals surface area contributed by atoms with E-state index in [1.54, 1.807) is 6.92 Å². The van der Waals surface area contributed by atoms with Gasteiger partial charge in [-0.15, -0.1) is 0 Å². The van der Waals surface area contributed by atoms with E-state index in [-0.39, 0.29) is 0 Å². The van der Waals surface area contributed by atoms with Gasteiger partial charge in [0.05, 0.1) is 0 Å². The normalized spacial score (nSPS) is 11.8. The number of hydrogen-bond donors (Lipinski definition) is 1. The summed E-state index contributed by atoms with van der Waals surface area (Å²) in [6.07, 6.45) is -0.413.